The summed E-state index contributed by atoms with van der Waals surface area (Å²) < 4.78 is 3.11. The van der Waals surface area contributed by atoms with Crippen molar-refractivity contribution in [2.24, 2.45) is 0 Å². The quantitative estimate of drug-likeness (QED) is 0.170. The molecule has 0 nitrogen and oxygen atoms in total. The van der Waals surface area contributed by atoms with Gasteiger partial charge in [-0.25, -0.2) is 0 Å². The van der Waals surface area contributed by atoms with Crippen molar-refractivity contribution in [1.29, 1.82) is 0 Å². The van der Waals surface area contributed by atoms with E-state index in [1.165, 1.54) is 69.3 Å². The van der Waals surface area contributed by atoms with Crippen molar-refractivity contribution in [2.45, 2.75) is 25.7 Å². The Hall–Kier alpha value is -4.45. The second-order valence-electron chi connectivity index (χ2n) is 12.6. The van der Waals surface area contributed by atoms with Gasteiger partial charge in [0.15, 0.2) is 0 Å². The first-order valence-corrected chi connectivity index (χ1v) is 18.6. The van der Waals surface area contributed by atoms with Crippen LogP contribution in [0, 0.1) is 6.92 Å². The van der Waals surface area contributed by atoms with Crippen LogP contribution in [0.3, 0.4) is 0 Å². The summed E-state index contributed by atoms with van der Waals surface area (Å²) in [6.07, 6.45) is 10.5. The number of allylic oxidation sites excluding steroid dienone is 8. The number of hydrogen-bond donors (Lipinski definition) is 0. The van der Waals surface area contributed by atoms with Crippen molar-refractivity contribution in [3.63, 3.8) is 0 Å². The maximum atomic E-state index is 2.58. The Morgan fingerprint density at radius 2 is 1.26 bits per heavy atom. The summed E-state index contributed by atoms with van der Waals surface area (Å²) in [7, 11) is 0. The normalized spacial score (nSPS) is 18.1. The van der Waals surface area contributed by atoms with Gasteiger partial charge in [0.1, 0.15) is 0 Å². The molecule has 0 heterocycles. The second-order valence-corrected chi connectivity index (χ2v) is 15.7. The van der Waals surface area contributed by atoms with Gasteiger partial charge in [-0.2, -0.15) is 0 Å². The Morgan fingerprint density at radius 3 is 1.87 bits per heavy atom. The zero-order valence-electron chi connectivity index (χ0n) is 26.3. The summed E-state index contributed by atoms with van der Waals surface area (Å²) in [6, 6.07) is 51.7. The van der Waals surface area contributed by atoms with Gasteiger partial charge in [0.25, 0.3) is 0 Å². The number of rotatable bonds is 6. The van der Waals surface area contributed by atoms with Crippen LogP contribution in [-0.2, 0) is 28.2 Å². The van der Waals surface area contributed by atoms with E-state index in [0.717, 1.165) is 6.42 Å². The summed E-state index contributed by atoms with van der Waals surface area (Å²) in [5, 5.41) is 2.82. The fourth-order valence-corrected chi connectivity index (χ4v) is 11.4. The van der Waals surface area contributed by atoms with E-state index < -0.39 is 22.8 Å². The second kappa shape index (κ2) is 12.1. The van der Waals surface area contributed by atoms with E-state index in [4.69, 9.17) is 0 Å². The van der Waals surface area contributed by atoms with Gasteiger partial charge in [-0.05, 0) is 0 Å². The van der Waals surface area contributed by atoms with E-state index in [1.54, 1.807) is 3.28 Å². The molecule has 0 fully saturated rings. The van der Waals surface area contributed by atoms with Gasteiger partial charge >= 0.3 is 285 Å². The summed E-state index contributed by atoms with van der Waals surface area (Å²) in [4.78, 5) is 0. The first-order valence-electron chi connectivity index (χ1n) is 16.2. The maximum absolute atomic E-state index is 2.58. The van der Waals surface area contributed by atoms with Crippen molar-refractivity contribution in [1.82, 2.24) is 0 Å². The standard InChI is InChI=1S/C32H25.C13H10.Zr/c1-22-17-18-27-25(19-22)20-28-30(27)29(23-11-5-3-6-12-23)21-32(2,26-15-7-4-8-16-26)31(28)24-13-9-10-14-24;1-3-7-12(8-4-1)11-13-9-5-2-6-10-13;/h3-13,15-19,21H,14H2,1-2H3;1-10H;. The summed E-state index contributed by atoms with van der Waals surface area (Å²) in [5.41, 5.74) is 13.5. The van der Waals surface area contributed by atoms with E-state index >= 15 is 0 Å². The number of benzene rings is 5. The first-order chi connectivity index (χ1) is 22.6. The van der Waals surface area contributed by atoms with Crippen LogP contribution in [0.5, 0.6) is 0 Å². The fraction of sp³-hybridized carbons (Fsp3) is 0.0889. The average molecular weight is 667 g/mol. The van der Waals surface area contributed by atoms with Crippen LogP contribution in [0.15, 0.2) is 181 Å². The molecule has 1 unspecified atom stereocenters. The minimum absolute atomic E-state index is 0.301. The molecule has 0 saturated heterocycles. The van der Waals surface area contributed by atoms with Crippen LogP contribution in [0.2, 0.25) is 0 Å². The molecule has 46 heavy (non-hydrogen) atoms. The molecule has 0 saturated carbocycles. The number of hydrogen-bond acceptors (Lipinski definition) is 0. The van der Waals surface area contributed by atoms with Gasteiger partial charge in [-0.15, -0.1) is 0 Å². The van der Waals surface area contributed by atoms with Crippen LogP contribution in [0.4, 0.5) is 0 Å². The van der Waals surface area contributed by atoms with Gasteiger partial charge in [0, 0.05) is 0 Å². The summed E-state index contributed by atoms with van der Waals surface area (Å²) >= 11 is -1.40. The minimum atomic E-state index is -1.40. The predicted molar refractivity (Wildman–Crippen MR) is 190 cm³/mol. The Labute approximate surface area is 283 Å². The molecule has 3 aliphatic carbocycles. The van der Waals surface area contributed by atoms with E-state index in [-0.39, 0.29) is 5.41 Å². The molecule has 0 N–H and O–H groups in total. The van der Waals surface area contributed by atoms with Gasteiger partial charge in [0.2, 0.25) is 0 Å². The van der Waals surface area contributed by atoms with Crippen LogP contribution in [0.1, 0.15) is 41.2 Å². The average Bonchev–Trinajstić information content (AvgIpc) is 3.75. The van der Waals surface area contributed by atoms with Crippen LogP contribution >= 0.6 is 0 Å². The predicted octanol–water partition coefficient (Wildman–Crippen LogP) is 8.86. The third-order valence-electron chi connectivity index (χ3n) is 9.61. The van der Waals surface area contributed by atoms with Gasteiger partial charge in [-0.3, -0.25) is 0 Å². The number of fused-ring (bicyclic) bond motifs is 2. The van der Waals surface area contributed by atoms with E-state index in [9.17, 15) is 0 Å². The third-order valence-corrected chi connectivity index (χ3v) is 13.5. The molecule has 219 valence electrons. The molecule has 0 aliphatic heterocycles. The SMILES string of the molecule is Cc1ccc2c(c1)=[C]([Zr]=[C](c1ccccc1)c1ccccc1)C1=C(C3=CC=CC3)C(C)(c3ccccc3)C=C(c3ccccc3)C=21. The molecule has 1 atom stereocenters. The van der Waals surface area contributed by atoms with Gasteiger partial charge < -0.3 is 0 Å². The third kappa shape index (κ3) is 4.99. The molecule has 0 spiro atoms. The van der Waals surface area contributed by atoms with E-state index in [0.29, 0.717) is 0 Å². The first kappa shape index (κ1) is 29.0. The molecule has 5 aromatic carbocycles. The van der Waals surface area contributed by atoms with Crippen LogP contribution < -0.4 is 10.4 Å². The summed E-state index contributed by atoms with van der Waals surface area (Å²) in [6.45, 7) is 4.70. The molecule has 1 heteroatoms. The molecule has 5 aromatic rings. The molecule has 0 amide bonds. The topological polar surface area (TPSA) is 0 Å². The van der Waals surface area contributed by atoms with E-state index in [1.807, 2.05) is 0 Å². The molecular formula is C45H35Zr. The van der Waals surface area contributed by atoms with Gasteiger partial charge in [-0.1, -0.05) is 0 Å². The van der Waals surface area contributed by atoms with Gasteiger partial charge in [0.05, 0.1) is 0 Å². The summed E-state index contributed by atoms with van der Waals surface area (Å²) in [5.74, 6) is 0. The number of aryl methyl sites for hydroxylation is 1. The van der Waals surface area contributed by atoms with Crippen LogP contribution in [-0.4, -0.2) is 3.21 Å². The monoisotopic (exact) mass is 665 g/mol. The van der Waals surface area contributed by atoms with E-state index in [2.05, 4.69) is 178 Å². The van der Waals surface area contributed by atoms with Crippen molar-refractivity contribution in [2.75, 3.05) is 0 Å². The Morgan fingerprint density at radius 1 is 0.652 bits per heavy atom. The Kier molecular flexibility index (Phi) is 7.60. The van der Waals surface area contributed by atoms with Crippen molar-refractivity contribution >= 4 is 17.6 Å². The molecule has 0 bridgehead atoms. The molecule has 8 rings (SSSR count). The molecule has 0 aromatic heterocycles. The van der Waals surface area contributed by atoms with Crippen molar-refractivity contribution in [3.05, 3.63) is 219 Å². The van der Waals surface area contributed by atoms with Crippen LogP contribution in [0.25, 0.3) is 14.4 Å². The fourth-order valence-electron chi connectivity index (χ4n) is 7.46. The molecule has 0 radical (unpaired) electrons. The zero-order valence-corrected chi connectivity index (χ0v) is 28.8. The molecular weight excluding hydrogens is 632 g/mol. The van der Waals surface area contributed by atoms with Crippen molar-refractivity contribution in [3.8, 4) is 0 Å². The Bertz CT molecular complexity index is 2210. The van der Waals surface area contributed by atoms with Crippen molar-refractivity contribution < 1.29 is 22.8 Å². The Balaban J connectivity index is 1.55. The zero-order chi connectivity index (χ0) is 31.1. The molecule has 3 aliphatic rings.